The van der Waals surface area contributed by atoms with Crippen molar-refractivity contribution in [3.8, 4) is 0 Å². The summed E-state index contributed by atoms with van der Waals surface area (Å²) >= 11 is 0. The number of hydrogen-bond donors (Lipinski definition) is 1. The summed E-state index contributed by atoms with van der Waals surface area (Å²) in [5.41, 5.74) is 0.503. The molecule has 1 saturated heterocycles. The van der Waals surface area contributed by atoms with Crippen molar-refractivity contribution in [2.24, 2.45) is 5.41 Å². The summed E-state index contributed by atoms with van der Waals surface area (Å²) in [4.78, 5) is 23.1. The SMILES string of the molecule is Cc1cc(N2CCOCC2)nc(CNC(=O)C(C)(C)C)n1. The molecule has 2 rings (SSSR count). The number of carbonyl (C=O) groups is 1. The zero-order chi connectivity index (χ0) is 15.5. The monoisotopic (exact) mass is 292 g/mol. The van der Waals surface area contributed by atoms with Crippen molar-refractivity contribution in [3.63, 3.8) is 0 Å². The minimum Gasteiger partial charge on any atom is -0.378 e. The van der Waals surface area contributed by atoms with Crippen molar-refractivity contribution < 1.29 is 9.53 Å². The van der Waals surface area contributed by atoms with Crippen LogP contribution in [0.25, 0.3) is 0 Å². The summed E-state index contributed by atoms with van der Waals surface area (Å²) in [7, 11) is 0. The molecule has 1 N–H and O–H groups in total. The van der Waals surface area contributed by atoms with Crippen LogP contribution in [-0.2, 0) is 16.1 Å². The number of anilines is 1. The number of aromatic nitrogens is 2. The number of ether oxygens (including phenoxy) is 1. The highest BCUT2D eigenvalue weighted by Crippen LogP contribution is 2.15. The summed E-state index contributed by atoms with van der Waals surface area (Å²) in [6.45, 7) is 11.1. The van der Waals surface area contributed by atoms with Gasteiger partial charge < -0.3 is 15.0 Å². The van der Waals surface area contributed by atoms with E-state index < -0.39 is 5.41 Å². The van der Waals surface area contributed by atoms with E-state index in [-0.39, 0.29) is 5.91 Å². The van der Waals surface area contributed by atoms with Gasteiger partial charge in [-0.25, -0.2) is 9.97 Å². The van der Waals surface area contributed by atoms with E-state index in [1.807, 2.05) is 33.8 Å². The van der Waals surface area contributed by atoms with E-state index in [0.717, 1.165) is 37.8 Å². The molecule has 0 aromatic carbocycles. The average molecular weight is 292 g/mol. The van der Waals surface area contributed by atoms with E-state index in [2.05, 4.69) is 20.2 Å². The van der Waals surface area contributed by atoms with Gasteiger partial charge >= 0.3 is 0 Å². The summed E-state index contributed by atoms with van der Waals surface area (Å²) in [5, 5.41) is 2.89. The van der Waals surface area contributed by atoms with Crippen molar-refractivity contribution in [2.75, 3.05) is 31.2 Å². The molecule has 6 nitrogen and oxygen atoms in total. The van der Waals surface area contributed by atoms with Gasteiger partial charge in [0.1, 0.15) is 11.6 Å². The minimum absolute atomic E-state index is 0.000489. The maximum absolute atomic E-state index is 11.9. The molecule has 0 saturated carbocycles. The van der Waals surface area contributed by atoms with Gasteiger partial charge in [0.15, 0.2) is 0 Å². The summed E-state index contributed by atoms with van der Waals surface area (Å²) in [6, 6.07) is 1.97. The van der Waals surface area contributed by atoms with E-state index in [1.54, 1.807) is 0 Å². The third kappa shape index (κ3) is 4.39. The molecule has 0 radical (unpaired) electrons. The molecule has 0 unspecified atom stereocenters. The molecule has 0 aliphatic carbocycles. The maximum Gasteiger partial charge on any atom is 0.225 e. The quantitative estimate of drug-likeness (QED) is 0.909. The van der Waals surface area contributed by atoms with Crippen LogP contribution in [-0.4, -0.2) is 42.2 Å². The van der Waals surface area contributed by atoms with Crippen LogP contribution in [0.5, 0.6) is 0 Å². The van der Waals surface area contributed by atoms with Gasteiger partial charge in [-0.1, -0.05) is 20.8 Å². The van der Waals surface area contributed by atoms with Gasteiger partial charge in [0.2, 0.25) is 5.91 Å². The topological polar surface area (TPSA) is 67.3 Å². The van der Waals surface area contributed by atoms with E-state index in [9.17, 15) is 4.79 Å². The highest BCUT2D eigenvalue weighted by atomic mass is 16.5. The second-order valence-corrected chi connectivity index (χ2v) is 6.32. The molecule has 1 aliphatic rings. The highest BCUT2D eigenvalue weighted by molar-refractivity contribution is 5.81. The third-order valence-electron chi connectivity index (χ3n) is 3.31. The number of nitrogens with zero attached hydrogens (tertiary/aromatic N) is 3. The fourth-order valence-electron chi connectivity index (χ4n) is 2.07. The zero-order valence-electron chi connectivity index (χ0n) is 13.3. The lowest BCUT2D eigenvalue weighted by Crippen LogP contribution is -2.37. The fourth-order valence-corrected chi connectivity index (χ4v) is 2.07. The van der Waals surface area contributed by atoms with Gasteiger partial charge in [-0.3, -0.25) is 4.79 Å². The van der Waals surface area contributed by atoms with Crippen LogP contribution in [0.3, 0.4) is 0 Å². The first kappa shape index (κ1) is 15.7. The van der Waals surface area contributed by atoms with E-state index >= 15 is 0 Å². The molecule has 116 valence electrons. The molecule has 0 spiro atoms. The molecule has 21 heavy (non-hydrogen) atoms. The number of morpholine rings is 1. The smallest absolute Gasteiger partial charge is 0.225 e. The van der Waals surface area contributed by atoms with Crippen molar-refractivity contribution in [3.05, 3.63) is 17.6 Å². The number of hydrogen-bond acceptors (Lipinski definition) is 5. The van der Waals surface area contributed by atoms with Crippen LogP contribution in [0, 0.1) is 12.3 Å². The van der Waals surface area contributed by atoms with Crippen LogP contribution < -0.4 is 10.2 Å². The van der Waals surface area contributed by atoms with Gasteiger partial charge in [0.05, 0.1) is 19.8 Å². The average Bonchev–Trinajstić information content (AvgIpc) is 2.44. The second-order valence-electron chi connectivity index (χ2n) is 6.32. The third-order valence-corrected chi connectivity index (χ3v) is 3.31. The Kier molecular flexibility index (Phi) is 4.77. The lowest BCUT2D eigenvalue weighted by Gasteiger charge is -2.28. The zero-order valence-corrected chi connectivity index (χ0v) is 13.3. The molecule has 6 heteroatoms. The Morgan fingerprint density at radius 3 is 2.62 bits per heavy atom. The normalized spacial score (nSPS) is 15.9. The van der Waals surface area contributed by atoms with Crippen LogP contribution >= 0.6 is 0 Å². The Bertz CT molecular complexity index is 505. The van der Waals surface area contributed by atoms with Crippen molar-refractivity contribution >= 4 is 11.7 Å². The molecule has 1 aromatic heterocycles. The van der Waals surface area contributed by atoms with Gasteiger partial charge in [0.25, 0.3) is 0 Å². The lowest BCUT2D eigenvalue weighted by atomic mass is 9.96. The summed E-state index contributed by atoms with van der Waals surface area (Å²) in [6.07, 6.45) is 0. The van der Waals surface area contributed by atoms with E-state index in [1.165, 1.54) is 0 Å². The van der Waals surface area contributed by atoms with Crippen molar-refractivity contribution in [2.45, 2.75) is 34.2 Å². The number of nitrogens with one attached hydrogen (secondary N) is 1. The predicted octanol–water partition coefficient (Wildman–Crippen LogP) is 1.28. The maximum atomic E-state index is 11.9. The molecule has 2 heterocycles. The van der Waals surface area contributed by atoms with Crippen LogP contribution in [0.2, 0.25) is 0 Å². The molecular formula is C15H24N4O2. The predicted molar refractivity (Wildman–Crippen MR) is 81.1 cm³/mol. The molecule has 0 bridgehead atoms. The molecule has 1 aliphatic heterocycles. The van der Waals surface area contributed by atoms with Crippen molar-refractivity contribution in [1.29, 1.82) is 0 Å². The van der Waals surface area contributed by atoms with Crippen molar-refractivity contribution in [1.82, 2.24) is 15.3 Å². The Labute approximate surface area is 125 Å². The second kappa shape index (κ2) is 6.39. The first-order chi connectivity index (χ1) is 9.86. The number of carbonyl (C=O) groups excluding carboxylic acids is 1. The largest absolute Gasteiger partial charge is 0.378 e. The molecule has 1 fully saturated rings. The number of rotatable bonds is 3. The Morgan fingerprint density at radius 1 is 1.33 bits per heavy atom. The van der Waals surface area contributed by atoms with Gasteiger partial charge in [-0.2, -0.15) is 0 Å². The molecule has 0 atom stereocenters. The molecule has 1 aromatic rings. The van der Waals surface area contributed by atoms with Crippen LogP contribution in [0.1, 0.15) is 32.3 Å². The van der Waals surface area contributed by atoms with Gasteiger partial charge in [-0.15, -0.1) is 0 Å². The van der Waals surface area contributed by atoms with Crippen LogP contribution in [0.15, 0.2) is 6.07 Å². The fraction of sp³-hybridized carbons (Fsp3) is 0.667. The molecular weight excluding hydrogens is 268 g/mol. The van der Waals surface area contributed by atoms with E-state index in [4.69, 9.17) is 4.74 Å². The first-order valence-electron chi connectivity index (χ1n) is 7.32. The lowest BCUT2D eigenvalue weighted by molar-refractivity contribution is -0.128. The number of amides is 1. The Morgan fingerprint density at radius 2 is 2.00 bits per heavy atom. The standard InChI is InChI=1S/C15H24N4O2/c1-11-9-13(19-5-7-21-8-6-19)18-12(17-11)10-16-14(20)15(2,3)4/h9H,5-8,10H2,1-4H3,(H,16,20). The van der Waals surface area contributed by atoms with Gasteiger partial charge in [0, 0.05) is 30.3 Å². The molecule has 1 amide bonds. The Hall–Kier alpha value is -1.69. The first-order valence-corrected chi connectivity index (χ1v) is 7.32. The van der Waals surface area contributed by atoms with Crippen LogP contribution in [0.4, 0.5) is 5.82 Å². The number of aryl methyl sites for hydroxylation is 1. The summed E-state index contributed by atoms with van der Waals surface area (Å²) < 4.78 is 5.36. The summed E-state index contributed by atoms with van der Waals surface area (Å²) in [5.74, 6) is 1.56. The van der Waals surface area contributed by atoms with E-state index in [0.29, 0.717) is 12.4 Å². The highest BCUT2D eigenvalue weighted by Gasteiger charge is 2.21. The minimum atomic E-state index is -0.406. The Balaban J connectivity index is 2.06. The van der Waals surface area contributed by atoms with Gasteiger partial charge in [-0.05, 0) is 6.92 Å².